The molecule has 0 saturated carbocycles. The van der Waals surface area contributed by atoms with E-state index >= 15 is 0 Å². The minimum Gasteiger partial charge on any atom is -0.489 e. The number of fused-ring (bicyclic) bond motifs is 1. The number of hydrogen-bond donors (Lipinski definition) is 0. The molecule has 0 saturated heterocycles. The highest BCUT2D eigenvalue weighted by molar-refractivity contribution is 6.35. The number of nitrogens with zero attached hydrogens (tertiary/aromatic N) is 1. The smallest absolute Gasteiger partial charge is 0.259 e. The Balaban J connectivity index is 1.53. The van der Waals surface area contributed by atoms with E-state index in [0.717, 1.165) is 16.8 Å². The fraction of sp³-hybridized carbons (Fsp3) is 0.192. The molecule has 1 aliphatic heterocycles. The fourth-order valence-electron chi connectivity index (χ4n) is 3.60. The van der Waals surface area contributed by atoms with Crippen LogP contribution in [0.15, 0.2) is 72.8 Å². The molecule has 3 aromatic rings. The summed E-state index contributed by atoms with van der Waals surface area (Å²) >= 11 is 0. The third-order valence-corrected chi connectivity index (χ3v) is 5.05. The average molecular weight is 401 g/mol. The van der Waals surface area contributed by atoms with E-state index in [0.29, 0.717) is 29.3 Å². The Morgan fingerprint density at radius 3 is 2.40 bits per heavy atom. The van der Waals surface area contributed by atoms with Gasteiger partial charge in [-0.3, -0.25) is 4.79 Å². The van der Waals surface area contributed by atoms with Gasteiger partial charge in [0.05, 0.1) is 5.69 Å². The Bertz CT molecular complexity index is 1090. The molecule has 0 fully saturated rings. The molecule has 3 nitrogen and oxygen atoms in total. The highest BCUT2D eigenvalue weighted by Gasteiger charge is 2.32. The van der Waals surface area contributed by atoms with Crippen molar-refractivity contribution in [2.24, 2.45) is 5.92 Å². The minimum atomic E-state index is -0.275. The number of carbonyl (C=O) groups is 1. The number of hydrogen-bond acceptors (Lipinski definition) is 2. The van der Waals surface area contributed by atoms with E-state index in [2.05, 4.69) is 13.8 Å². The maximum absolute atomic E-state index is 13.7. The maximum atomic E-state index is 13.7. The van der Waals surface area contributed by atoms with E-state index in [1.165, 1.54) is 6.07 Å². The van der Waals surface area contributed by atoms with Crippen LogP contribution in [0.1, 0.15) is 30.5 Å². The molecule has 0 aromatic heterocycles. The van der Waals surface area contributed by atoms with Crippen LogP contribution in [0.2, 0.25) is 0 Å². The van der Waals surface area contributed by atoms with Crippen LogP contribution in [0.4, 0.5) is 10.1 Å². The second kappa shape index (κ2) is 8.54. The lowest BCUT2D eigenvalue weighted by Gasteiger charge is -2.19. The summed E-state index contributed by atoms with van der Waals surface area (Å²) < 4.78 is 19.4. The first-order valence-electron chi connectivity index (χ1n) is 10.1. The zero-order valence-corrected chi connectivity index (χ0v) is 17.1. The minimum absolute atomic E-state index is 0.0322. The predicted molar refractivity (Wildman–Crippen MR) is 119 cm³/mol. The second-order valence-corrected chi connectivity index (χ2v) is 7.83. The SMILES string of the molecule is CC(C)CN1C(=O)/C(=C\c2ccc(OCc3ccccc3F)cc2)c2ccccc21. The van der Waals surface area contributed by atoms with Crippen molar-refractivity contribution in [3.63, 3.8) is 0 Å². The Hall–Kier alpha value is -3.40. The standard InChI is InChI=1S/C26H24FNO2/c1-18(2)16-28-25-10-6-4-8-22(25)23(26(28)29)15-19-11-13-21(14-12-19)30-17-20-7-3-5-9-24(20)27/h3-15,18H,16-17H2,1-2H3/b23-15-. The van der Waals surface area contributed by atoms with E-state index in [4.69, 9.17) is 4.74 Å². The molecule has 1 aliphatic rings. The van der Waals surface area contributed by atoms with Crippen LogP contribution < -0.4 is 9.64 Å². The monoisotopic (exact) mass is 401 g/mol. The highest BCUT2D eigenvalue weighted by Crippen LogP contribution is 2.38. The fourth-order valence-corrected chi connectivity index (χ4v) is 3.60. The van der Waals surface area contributed by atoms with Crippen molar-refractivity contribution >= 4 is 23.2 Å². The van der Waals surface area contributed by atoms with E-state index in [1.807, 2.05) is 59.5 Å². The number of halogens is 1. The molecule has 0 N–H and O–H groups in total. The molecule has 0 atom stereocenters. The number of anilines is 1. The second-order valence-electron chi connectivity index (χ2n) is 7.83. The van der Waals surface area contributed by atoms with Gasteiger partial charge in [-0.15, -0.1) is 0 Å². The number of benzene rings is 3. The molecular formula is C26H24FNO2. The van der Waals surface area contributed by atoms with Gasteiger partial charge < -0.3 is 9.64 Å². The van der Waals surface area contributed by atoms with Crippen LogP contribution in [0.25, 0.3) is 11.6 Å². The van der Waals surface area contributed by atoms with Crippen LogP contribution in [0.3, 0.4) is 0 Å². The summed E-state index contributed by atoms with van der Waals surface area (Å²) in [4.78, 5) is 14.9. The summed E-state index contributed by atoms with van der Waals surface area (Å²) in [5.74, 6) is 0.792. The first-order chi connectivity index (χ1) is 14.5. The summed E-state index contributed by atoms with van der Waals surface area (Å²) in [5, 5.41) is 0. The van der Waals surface area contributed by atoms with Gasteiger partial charge in [0.15, 0.2) is 0 Å². The summed E-state index contributed by atoms with van der Waals surface area (Å²) in [6, 6.07) is 22.0. The van der Waals surface area contributed by atoms with Gasteiger partial charge in [0.2, 0.25) is 0 Å². The van der Waals surface area contributed by atoms with Gasteiger partial charge >= 0.3 is 0 Å². The van der Waals surface area contributed by atoms with Crippen LogP contribution in [-0.4, -0.2) is 12.5 Å². The number of carbonyl (C=O) groups excluding carboxylic acids is 1. The predicted octanol–water partition coefficient (Wildman–Crippen LogP) is 5.95. The van der Waals surface area contributed by atoms with Crippen molar-refractivity contribution in [1.29, 1.82) is 0 Å². The molecule has 3 aromatic carbocycles. The maximum Gasteiger partial charge on any atom is 0.259 e. The molecule has 0 bridgehead atoms. The number of ether oxygens (including phenoxy) is 1. The molecular weight excluding hydrogens is 377 g/mol. The molecule has 4 heteroatoms. The summed E-state index contributed by atoms with van der Waals surface area (Å²) in [5.41, 5.74) is 4.06. The van der Waals surface area contributed by atoms with Crippen molar-refractivity contribution in [3.8, 4) is 5.75 Å². The van der Waals surface area contributed by atoms with Crippen molar-refractivity contribution in [1.82, 2.24) is 0 Å². The Labute approximate surface area is 176 Å². The highest BCUT2D eigenvalue weighted by atomic mass is 19.1. The van der Waals surface area contributed by atoms with Crippen molar-refractivity contribution < 1.29 is 13.9 Å². The molecule has 0 spiro atoms. The van der Waals surface area contributed by atoms with Crippen LogP contribution in [0.5, 0.6) is 5.75 Å². The van der Waals surface area contributed by atoms with Crippen molar-refractivity contribution in [2.45, 2.75) is 20.5 Å². The van der Waals surface area contributed by atoms with Gasteiger partial charge in [-0.25, -0.2) is 4.39 Å². The summed E-state index contributed by atoms with van der Waals surface area (Å²) in [6.45, 7) is 5.08. The lowest BCUT2D eigenvalue weighted by molar-refractivity contribution is -0.113. The van der Waals surface area contributed by atoms with Gasteiger partial charge in [-0.05, 0) is 41.8 Å². The first-order valence-corrected chi connectivity index (χ1v) is 10.1. The Kier molecular flexibility index (Phi) is 5.66. The quantitative estimate of drug-likeness (QED) is 0.478. The lowest BCUT2D eigenvalue weighted by atomic mass is 10.0. The van der Waals surface area contributed by atoms with E-state index in [1.54, 1.807) is 18.2 Å². The molecule has 0 aliphatic carbocycles. The number of para-hydroxylation sites is 1. The summed E-state index contributed by atoms with van der Waals surface area (Å²) in [7, 11) is 0. The Morgan fingerprint density at radius 1 is 0.967 bits per heavy atom. The number of rotatable bonds is 6. The molecule has 30 heavy (non-hydrogen) atoms. The third kappa shape index (κ3) is 4.13. The van der Waals surface area contributed by atoms with Gasteiger partial charge in [-0.1, -0.05) is 62.4 Å². The molecule has 4 rings (SSSR count). The van der Waals surface area contributed by atoms with Crippen LogP contribution >= 0.6 is 0 Å². The molecule has 1 heterocycles. The van der Waals surface area contributed by atoms with Gasteiger partial charge in [0.25, 0.3) is 5.91 Å². The normalized spacial score (nSPS) is 14.5. The molecule has 1 amide bonds. The topological polar surface area (TPSA) is 29.5 Å². The Morgan fingerprint density at radius 2 is 1.67 bits per heavy atom. The van der Waals surface area contributed by atoms with Gasteiger partial charge in [-0.2, -0.15) is 0 Å². The van der Waals surface area contributed by atoms with E-state index < -0.39 is 0 Å². The zero-order chi connectivity index (χ0) is 21.1. The van der Waals surface area contributed by atoms with Crippen LogP contribution in [-0.2, 0) is 11.4 Å². The number of amides is 1. The average Bonchev–Trinajstić information content (AvgIpc) is 3.00. The van der Waals surface area contributed by atoms with Crippen molar-refractivity contribution in [2.75, 3.05) is 11.4 Å². The third-order valence-electron chi connectivity index (χ3n) is 5.05. The lowest BCUT2D eigenvalue weighted by Crippen LogP contribution is -2.30. The molecule has 152 valence electrons. The van der Waals surface area contributed by atoms with Gasteiger partial charge in [0, 0.05) is 23.2 Å². The summed E-state index contributed by atoms with van der Waals surface area (Å²) in [6.07, 6.45) is 1.92. The van der Waals surface area contributed by atoms with E-state index in [9.17, 15) is 9.18 Å². The van der Waals surface area contributed by atoms with E-state index in [-0.39, 0.29) is 18.3 Å². The first kappa shape index (κ1) is 19.9. The van der Waals surface area contributed by atoms with Crippen molar-refractivity contribution in [3.05, 3.63) is 95.3 Å². The zero-order valence-electron chi connectivity index (χ0n) is 17.1. The van der Waals surface area contributed by atoms with Gasteiger partial charge in [0.1, 0.15) is 18.2 Å². The largest absolute Gasteiger partial charge is 0.489 e. The molecule has 0 unspecified atom stereocenters. The van der Waals surface area contributed by atoms with Crippen LogP contribution in [0, 0.1) is 11.7 Å². The molecule has 0 radical (unpaired) electrons.